The molecule has 4 fully saturated rings. The second-order valence-corrected chi connectivity index (χ2v) is 11.1. The Morgan fingerprint density at radius 3 is 2.82 bits per heavy atom. The number of nitrogens with one attached hydrogen (secondary N) is 1. The molecule has 4 aliphatic rings. The lowest BCUT2D eigenvalue weighted by Gasteiger charge is -2.27. The van der Waals surface area contributed by atoms with Gasteiger partial charge in [-0.25, -0.2) is 4.98 Å². The minimum absolute atomic E-state index is 0.0213. The predicted octanol–water partition coefficient (Wildman–Crippen LogP) is 4.34. The molecule has 8 heteroatoms. The van der Waals surface area contributed by atoms with Crippen LogP contribution < -0.4 is 10.1 Å². The maximum atomic E-state index is 13.3. The lowest BCUT2D eigenvalue weighted by atomic mass is 9.84. The van der Waals surface area contributed by atoms with Crippen LogP contribution in [0.15, 0.2) is 30.7 Å². The van der Waals surface area contributed by atoms with E-state index in [2.05, 4.69) is 23.5 Å². The van der Waals surface area contributed by atoms with Gasteiger partial charge in [0.25, 0.3) is 5.91 Å². The summed E-state index contributed by atoms with van der Waals surface area (Å²) in [7, 11) is 0. The Hall–Kier alpha value is -2.87. The number of imidazole rings is 1. The third kappa shape index (κ3) is 3.50. The van der Waals surface area contributed by atoms with Gasteiger partial charge in [-0.3, -0.25) is 9.48 Å². The SMILES string of the molecule is CC12CCC(c3cn4cc(C(=O)Nc5ccn(CC6CC6)n5)c(OC5CCC5)cc4n3)(CO1)C2. The Labute approximate surface area is 198 Å². The lowest BCUT2D eigenvalue weighted by Crippen LogP contribution is -2.26. The number of fused-ring (bicyclic) bond motifs is 3. The number of carbonyl (C=O) groups excluding carboxylic acids is 1. The smallest absolute Gasteiger partial charge is 0.262 e. The van der Waals surface area contributed by atoms with Crippen molar-refractivity contribution in [1.29, 1.82) is 0 Å². The number of hydrogen-bond donors (Lipinski definition) is 1. The number of amides is 1. The summed E-state index contributed by atoms with van der Waals surface area (Å²) in [5, 5.41) is 7.51. The zero-order valence-corrected chi connectivity index (χ0v) is 19.6. The van der Waals surface area contributed by atoms with E-state index in [0.717, 1.165) is 62.5 Å². The van der Waals surface area contributed by atoms with Crippen molar-refractivity contribution in [2.45, 2.75) is 82.0 Å². The Bertz CT molecular complexity index is 1260. The monoisotopic (exact) mass is 461 g/mol. The Morgan fingerprint density at radius 2 is 2.15 bits per heavy atom. The molecule has 0 aromatic carbocycles. The molecule has 34 heavy (non-hydrogen) atoms. The van der Waals surface area contributed by atoms with Gasteiger partial charge in [0.05, 0.1) is 29.6 Å². The van der Waals surface area contributed by atoms with Crippen molar-refractivity contribution in [2.75, 3.05) is 11.9 Å². The molecule has 3 aromatic rings. The molecule has 1 aliphatic heterocycles. The number of anilines is 1. The van der Waals surface area contributed by atoms with Gasteiger partial charge in [-0.1, -0.05) is 0 Å². The largest absolute Gasteiger partial charge is 0.489 e. The minimum atomic E-state index is -0.209. The highest BCUT2D eigenvalue weighted by Gasteiger charge is 2.55. The molecular weight excluding hydrogens is 430 g/mol. The molecule has 178 valence electrons. The van der Waals surface area contributed by atoms with Crippen LogP contribution in [0.3, 0.4) is 0 Å². The van der Waals surface area contributed by atoms with Crippen LogP contribution in [-0.2, 0) is 16.7 Å². The van der Waals surface area contributed by atoms with Gasteiger partial charge in [-0.2, -0.15) is 5.10 Å². The fourth-order valence-electron chi connectivity index (χ4n) is 5.73. The van der Waals surface area contributed by atoms with Gasteiger partial charge >= 0.3 is 0 Å². The van der Waals surface area contributed by atoms with Crippen molar-refractivity contribution >= 4 is 17.4 Å². The molecule has 1 saturated heterocycles. The van der Waals surface area contributed by atoms with E-state index in [0.29, 0.717) is 17.1 Å². The molecule has 3 saturated carbocycles. The summed E-state index contributed by atoms with van der Waals surface area (Å²) in [6.07, 6.45) is 14.9. The summed E-state index contributed by atoms with van der Waals surface area (Å²) in [6.45, 7) is 3.84. The predicted molar refractivity (Wildman–Crippen MR) is 126 cm³/mol. The molecule has 1 N–H and O–H groups in total. The van der Waals surface area contributed by atoms with Gasteiger partial charge in [0, 0.05) is 42.7 Å². The van der Waals surface area contributed by atoms with Crippen molar-refractivity contribution in [3.63, 3.8) is 0 Å². The molecule has 1 amide bonds. The van der Waals surface area contributed by atoms with Crippen molar-refractivity contribution in [3.8, 4) is 5.75 Å². The minimum Gasteiger partial charge on any atom is -0.489 e. The average Bonchev–Trinajstić information content (AvgIpc) is 3.13. The van der Waals surface area contributed by atoms with E-state index in [1.807, 2.05) is 33.6 Å². The van der Waals surface area contributed by atoms with E-state index >= 15 is 0 Å². The van der Waals surface area contributed by atoms with E-state index < -0.39 is 0 Å². The highest BCUT2D eigenvalue weighted by atomic mass is 16.5. The second-order valence-electron chi connectivity index (χ2n) is 11.1. The average molecular weight is 462 g/mol. The van der Waals surface area contributed by atoms with Crippen LogP contribution in [0, 0.1) is 5.92 Å². The molecule has 7 rings (SSSR count). The van der Waals surface area contributed by atoms with Gasteiger partial charge in [0.15, 0.2) is 5.82 Å². The first-order chi connectivity index (χ1) is 16.5. The molecule has 2 unspecified atom stereocenters. The first kappa shape index (κ1) is 20.5. The van der Waals surface area contributed by atoms with Gasteiger partial charge in [-0.15, -0.1) is 0 Å². The summed E-state index contributed by atoms with van der Waals surface area (Å²) in [6, 6.07) is 3.78. The number of ether oxygens (including phenoxy) is 2. The number of aromatic nitrogens is 4. The first-order valence-electron chi connectivity index (χ1n) is 12.7. The summed E-state index contributed by atoms with van der Waals surface area (Å²) in [5.74, 6) is 1.68. The van der Waals surface area contributed by atoms with Crippen molar-refractivity contribution < 1.29 is 14.3 Å². The van der Waals surface area contributed by atoms with Gasteiger partial charge in [0.2, 0.25) is 0 Å². The molecule has 4 heterocycles. The van der Waals surface area contributed by atoms with Crippen molar-refractivity contribution in [3.05, 3.63) is 42.0 Å². The summed E-state index contributed by atoms with van der Waals surface area (Å²) >= 11 is 0. The van der Waals surface area contributed by atoms with Gasteiger partial charge in [0.1, 0.15) is 11.4 Å². The number of carbonyl (C=O) groups is 1. The molecule has 3 aliphatic carbocycles. The van der Waals surface area contributed by atoms with Gasteiger partial charge in [-0.05, 0) is 64.2 Å². The number of hydrogen-bond acceptors (Lipinski definition) is 5. The molecule has 2 atom stereocenters. The molecule has 0 spiro atoms. The van der Waals surface area contributed by atoms with E-state index in [1.54, 1.807) is 0 Å². The standard InChI is InChI=1S/C26H31N5O3/c1-25-8-9-26(15-25,16-33-25)21-14-30-13-19(20(11-23(30)27-21)34-18-3-2-4-18)24(32)28-22-7-10-31(29-22)12-17-5-6-17/h7,10-11,13-14,17-18H,2-6,8-9,12,15-16H2,1H3,(H,28,29,32). The summed E-state index contributed by atoms with van der Waals surface area (Å²) in [5.41, 5.74) is 2.33. The first-order valence-corrected chi connectivity index (χ1v) is 12.7. The highest BCUT2D eigenvalue weighted by Crippen LogP contribution is 2.53. The zero-order chi connectivity index (χ0) is 22.9. The summed E-state index contributed by atoms with van der Waals surface area (Å²) in [4.78, 5) is 18.3. The van der Waals surface area contributed by atoms with E-state index in [-0.39, 0.29) is 23.0 Å². The van der Waals surface area contributed by atoms with Crippen molar-refractivity contribution in [1.82, 2.24) is 19.2 Å². The van der Waals surface area contributed by atoms with Crippen LogP contribution in [0.4, 0.5) is 5.82 Å². The topological polar surface area (TPSA) is 82.7 Å². The van der Waals surface area contributed by atoms with Crippen LogP contribution in [0.2, 0.25) is 0 Å². The van der Waals surface area contributed by atoms with Crippen LogP contribution >= 0.6 is 0 Å². The normalized spacial score (nSPS) is 28.4. The van der Waals surface area contributed by atoms with Crippen molar-refractivity contribution in [2.24, 2.45) is 5.92 Å². The maximum Gasteiger partial charge on any atom is 0.262 e. The van der Waals surface area contributed by atoms with Crippen LogP contribution in [0.25, 0.3) is 5.65 Å². The lowest BCUT2D eigenvalue weighted by molar-refractivity contribution is -0.00627. The zero-order valence-electron chi connectivity index (χ0n) is 19.6. The van der Waals surface area contributed by atoms with Crippen LogP contribution in [0.5, 0.6) is 5.75 Å². The van der Waals surface area contributed by atoms with Crippen LogP contribution in [-0.4, -0.2) is 43.4 Å². The molecule has 3 aromatic heterocycles. The van der Waals surface area contributed by atoms with Gasteiger partial charge < -0.3 is 19.2 Å². The number of nitrogens with zero attached hydrogens (tertiary/aromatic N) is 4. The summed E-state index contributed by atoms with van der Waals surface area (Å²) < 4.78 is 16.2. The third-order valence-corrected chi connectivity index (χ3v) is 8.25. The van der Waals surface area contributed by atoms with Crippen LogP contribution in [0.1, 0.15) is 74.3 Å². The number of rotatable bonds is 7. The Kier molecular flexibility index (Phi) is 4.41. The number of pyridine rings is 1. The second kappa shape index (κ2) is 7.31. The Morgan fingerprint density at radius 1 is 1.26 bits per heavy atom. The Balaban J connectivity index is 1.20. The maximum absolute atomic E-state index is 13.3. The molecule has 2 bridgehead atoms. The quantitative estimate of drug-likeness (QED) is 0.566. The fourth-order valence-corrected chi connectivity index (χ4v) is 5.73. The molecule has 0 radical (unpaired) electrons. The fraction of sp³-hybridized carbons (Fsp3) is 0.577. The highest BCUT2D eigenvalue weighted by molar-refractivity contribution is 6.05. The van der Waals surface area contributed by atoms with E-state index in [9.17, 15) is 4.79 Å². The van der Waals surface area contributed by atoms with E-state index in [4.69, 9.17) is 14.5 Å². The third-order valence-electron chi connectivity index (χ3n) is 8.25. The molecular formula is C26H31N5O3. The molecule has 8 nitrogen and oxygen atoms in total. The van der Waals surface area contributed by atoms with E-state index in [1.165, 1.54) is 19.3 Å².